The third-order valence-electron chi connectivity index (χ3n) is 4.44. The predicted octanol–water partition coefficient (Wildman–Crippen LogP) is 3.46. The lowest BCUT2D eigenvalue weighted by atomic mass is 9.80. The van der Waals surface area contributed by atoms with Crippen molar-refractivity contribution in [3.63, 3.8) is 0 Å². The highest BCUT2D eigenvalue weighted by Gasteiger charge is 2.27. The lowest BCUT2D eigenvalue weighted by Gasteiger charge is -2.26. The van der Waals surface area contributed by atoms with Gasteiger partial charge in [-0.15, -0.1) is 0 Å². The van der Waals surface area contributed by atoms with Crippen LogP contribution in [0.3, 0.4) is 0 Å². The summed E-state index contributed by atoms with van der Waals surface area (Å²) in [5.74, 6) is -0.691. The molecule has 0 aliphatic heterocycles. The molecule has 1 fully saturated rings. The Bertz CT molecular complexity index is 730. The first kappa shape index (κ1) is 15.6. The maximum Gasteiger partial charge on any atom is 0.230 e. The molecule has 1 N–H and O–H groups in total. The molecule has 0 saturated heterocycles. The summed E-state index contributed by atoms with van der Waals surface area (Å²) in [4.78, 5) is 12.2. The van der Waals surface area contributed by atoms with Crippen molar-refractivity contribution in [2.45, 2.75) is 38.5 Å². The molecule has 0 bridgehead atoms. The van der Waals surface area contributed by atoms with Gasteiger partial charge in [0.05, 0.1) is 6.42 Å². The maximum atomic E-state index is 13.2. The van der Waals surface area contributed by atoms with Gasteiger partial charge >= 0.3 is 0 Å². The number of anilines is 1. The average molecular weight is 319 g/mol. The Hall–Kier alpha value is -2.24. The van der Waals surface area contributed by atoms with Crippen molar-refractivity contribution < 1.29 is 13.6 Å². The number of hydrogen-bond donors (Lipinski definition) is 1. The predicted molar refractivity (Wildman–Crippen MR) is 83.2 cm³/mol. The molecule has 0 radical (unpaired) electrons. The van der Waals surface area contributed by atoms with Gasteiger partial charge in [0.15, 0.2) is 5.82 Å². The number of nitrogens with zero attached hydrogens (tertiary/aromatic N) is 2. The van der Waals surface area contributed by atoms with E-state index in [1.165, 1.54) is 18.6 Å². The Kier molecular flexibility index (Phi) is 4.15. The first-order chi connectivity index (χ1) is 10.9. The van der Waals surface area contributed by atoms with E-state index in [0.717, 1.165) is 30.2 Å². The first-order valence-corrected chi connectivity index (χ1v) is 7.72. The summed E-state index contributed by atoms with van der Waals surface area (Å²) in [6.45, 7) is 1.98. The minimum Gasteiger partial charge on any atom is -0.309 e. The molecule has 122 valence electrons. The standard InChI is InChI=1S/C17H19F2N3O/c1-10-16(12-4-3-5-12)17(21-22(10)2)20-15(23)8-11-6-13(18)9-14(19)7-11/h6-7,9,12H,3-5,8H2,1-2H3,(H,20,21,23). The van der Waals surface area contributed by atoms with Gasteiger partial charge < -0.3 is 5.32 Å². The zero-order chi connectivity index (χ0) is 16.6. The number of carbonyl (C=O) groups is 1. The monoisotopic (exact) mass is 319 g/mol. The third-order valence-corrected chi connectivity index (χ3v) is 4.44. The molecule has 0 atom stereocenters. The molecular formula is C17H19F2N3O. The smallest absolute Gasteiger partial charge is 0.230 e. The fourth-order valence-electron chi connectivity index (χ4n) is 2.98. The van der Waals surface area contributed by atoms with Crippen LogP contribution in [0.4, 0.5) is 14.6 Å². The molecule has 1 aliphatic rings. The van der Waals surface area contributed by atoms with Crippen molar-refractivity contribution in [1.29, 1.82) is 0 Å². The van der Waals surface area contributed by atoms with E-state index in [1.54, 1.807) is 4.68 Å². The molecule has 3 rings (SSSR count). The summed E-state index contributed by atoms with van der Waals surface area (Å²) in [6.07, 6.45) is 3.30. The molecule has 0 unspecified atom stereocenters. The van der Waals surface area contributed by atoms with Crippen molar-refractivity contribution in [3.8, 4) is 0 Å². The van der Waals surface area contributed by atoms with Gasteiger partial charge in [-0.3, -0.25) is 9.48 Å². The highest BCUT2D eigenvalue weighted by atomic mass is 19.1. The van der Waals surface area contributed by atoms with E-state index >= 15 is 0 Å². The van der Waals surface area contributed by atoms with Gasteiger partial charge in [-0.05, 0) is 43.4 Å². The van der Waals surface area contributed by atoms with E-state index in [9.17, 15) is 13.6 Å². The summed E-state index contributed by atoms with van der Waals surface area (Å²) in [5, 5.41) is 7.16. The van der Waals surface area contributed by atoms with Crippen LogP contribution in [0.5, 0.6) is 0 Å². The van der Waals surface area contributed by atoms with Crippen LogP contribution in [0.2, 0.25) is 0 Å². The zero-order valence-electron chi connectivity index (χ0n) is 13.2. The Balaban J connectivity index is 1.76. The Morgan fingerprint density at radius 1 is 1.30 bits per heavy atom. The number of aryl methyl sites for hydroxylation is 1. The van der Waals surface area contributed by atoms with E-state index in [1.807, 2.05) is 14.0 Å². The van der Waals surface area contributed by atoms with Crippen LogP contribution in [0.15, 0.2) is 18.2 Å². The summed E-state index contributed by atoms with van der Waals surface area (Å²) >= 11 is 0. The summed E-state index contributed by atoms with van der Waals surface area (Å²) < 4.78 is 28.2. The van der Waals surface area contributed by atoms with E-state index in [2.05, 4.69) is 10.4 Å². The molecule has 1 amide bonds. The van der Waals surface area contributed by atoms with Crippen molar-refractivity contribution >= 4 is 11.7 Å². The van der Waals surface area contributed by atoms with Gasteiger partial charge in [0.2, 0.25) is 5.91 Å². The van der Waals surface area contributed by atoms with Crippen LogP contribution >= 0.6 is 0 Å². The molecule has 1 aromatic carbocycles. The Labute approximate surface area is 133 Å². The second kappa shape index (κ2) is 6.10. The number of nitrogens with one attached hydrogen (secondary N) is 1. The zero-order valence-corrected chi connectivity index (χ0v) is 13.2. The fourth-order valence-corrected chi connectivity index (χ4v) is 2.98. The van der Waals surface area contributed by atoms with Crippen LogP contribution in [-0.2, 0) is 18.3 Å². The number of halogens is 2. The summed E-state index contributed by atoms with van der Waals surface area (Å²) in [7, 11) is 1.84. The highest BCUT2D eigenvalue weighted by molar-refractivity contribution is 5.92. The van der Waals surface area contributed by atoms with Crippen molar-refractivity contribution in [2.24, 2.45) is 7.05 Å². The van der Waals surface area contributed by atoms with E-state index in [-0.39, 0.29) is 12.3 Å². The SMILES string of the molecule is Cc1c(C2CCC2)c(NC(=O)Cc2cc(F)cc(F)c2)nn1C. The minimum atomic E-state index is -0.684. The van der Waals surface area contributed by atoms with E-state index in [0.29, 0.717) is 17.3 Å². The van der Waals surface area contributed by atoms with Crippen molar-refractivity contribution in [1.82, 2.24) is 9.78 Å². The van der Waals surface area contributed by atoms with Gasteiger partial charge in [-0.25, -0.2) is 8.78 Å². The van der Waals surface area contributed by atoms with Crippen molar-refractivity contribution in [3.05, 3.63) is 46.7 Å². The van der Waals surface area contributed by atoms with Gasteiger partial charge in [0, 0.05) is 24.4 Å². The van der Waals surface area contributed by atoms with E-state index in [4.69, 9.17) is 0 Å². The van der Waals surface area contributed by atoms with Crippen LogP contribution in [0, 0.1) is 18.6 Å². The topological polar surface area (TPSA) is 46.9 Å². The molecule has 4 nitrogen and oxygen atoms in total. The molecular weight excluding hydrogens is 300 g/mol. The van der Waals surface area contributed by atoms with Crippen LogP contribution in [0.25, 0.3) is 0 Å². The molecule has 1 saturated carbocycles. The highest BCUT2D eigenvalue weighted by Crippen LogP contribution is 2.41. The number of hydrogen-bond acceptors (Lipinski definition) is 2. The Morgan fingerprint density at radius 3 is 2.52 bits per heavy atom. The summed E-state index contributed by atoms with van der Waals surface area (Å²) in [6, 6.07) is 3.12. The minimum absolute atomic E-state index is 0.0889. The second-order valence-electron chi connectivity index (χ2n) is 6.10. The lowest BCUT2D eigenvalue weighted by Crippen LogP contribution is -2.18. The fraction of sp³-hybridized carbons (Fsp3) is 0.412. The second-order valence-corrected chi connectivity index (χ2v) is 6.10. The van der Waals surface area contributed by atoms with Crippen LogP contribution in [-0.4, -0.2) is 15.7 Å². The average Bonchev–Trinajstić information content (AvgIpc) is 2.63. The number of benzene rings is 1. The van der Waals surface area contributed by atoms with E-state index < -0.39 is 11.6 Å². The largest absolute Gasteiger partial charge is 0.309 e. The molecule has 0 spiro atoms. The molecule has 1 aliphatic carbocycles. The Morgan fingerprint density at radius 2 is 1.96 bits per heavy atom. The van der Waals surface area contributed by atoms with Crippen LogP contribution < -0.4 is 5.32 Å². The number of amides is 1. The maximum absolute atomic E-state index is 13.2. The molecule has 6 heteroatoms. The van der Waals surface area contributed by atoms with Gasteiger partial charge in [-0.1, -0.05) is 6.42 Å². The molecule has 2 aromatic rings. The first-order valence-electron chi connectivity index (χ1n) is 7.72. The molecule has 23 heavy (non-hydrogen) atoms. The number of aromatic nitrogens is 2. The van der Waals surface area contributed by atoms with Gasteiger partial charge in [0.1, 0.15) is 11.6 Å². The number of rotatable bonds is 4. The lowest BCUT2D eigenvalue weighted by molar-refractivity contribution is -0.115. The quantitative estimate of drug-likeness (QED) is 0.938. The van der Waals surface area contributed by atoms with Gasteiger partial charge in [-0.2, -0.15) is 5.10 Å². The summed E-state index contributed by atoms with van der Waals surface area (Å²) in [5.41, 5.74) is 2.43. The molecule has 1 heterocycles. The van der Waals surface area contributed by atoms with Crippen LogP contribution in [0.1, 0.15) is 42.0 Å². The normalized spacial score (nSPS) is 14.6. The van der Waals surface area contributed by atoms with Gasteiger partial charge in [0.25, 0.3) is 0 Å². The number of carbonyl (C=O) groups excluding carboxylic acids is 1. The van der Waals surface area contributed by atoms with Crippen molar-refractivity contribution in [2.75, 3.05) is 5.32 Å². The molecule has 1 aromatic heterocycles. The third kappa shape index (κ3) is 3.25.